The summed E-state index contributed by atoms with van der Waals surface area (Å²) < 4.78 is 11.7. The summed E-state index contributed by atoms with van der Waals surface area (Å²) in [6.07, 6.45) is 6.90. The van der Waals surface area contributed by atoms with E-state index in [9.17, 15) is 4.79 Å². The molecule has 0 radical (unpaired) electrons. The molecular formula is C21H24N2O4S. The van der Waals surface area contributed by atoms with Crippen LogP contribution in [0.25, 0.3) is 16.6 Å². The maximum absolute atomic E-state index is 11.0. The van der Waals surface area contributed by atoms with Gasteiger partial charge in [0.1, 0.15) is 28.1 Å². The van der Waals surface area contributed by atoms with Gasteiger partial charge in [-0.3, -0.25) is 0 Å². The quantitative estimate of drug-likeness (QED) is 0.318. The van der Waals surface area contributed by atoms with Gasteiger partial charge >= 0.3 is 5.97 Å². The van der Waals surface area contributed by atoms with Crippen LogP contribution >= 0.6 is 11.3 Å². The van der Waals surface area contributed by atoms with Gasteiger partial charge in [0.15, 0.2) is 0 Å². The summed E-state index contributed by atoms with van der Waals surface area (Å²) in [6.45, 7) is 5.46. The number of hydrogen-bond acceptors (Lipinski definition) is 6. The lowest BCUT2D eigenvalue weighted by Crippen LogP contribution is -2.00. The average molecular weight is 401 g/mol. The molecule has 1 N–H and O–H groups in total. The number of hydrogen-bond donors (Lipinski definition) is 1. The van der Waals surface area contributed by atoms with Gasteiger partial charge < -0.3 is 14.6 Å². The molecule has 0 amide bonds. The number of aliphatic carboxylic acids is 1. The zero-order chi connectivity index (χ0) is 20.4. The molecule has 0 aliphatic carbocycles. The van der Waals surface area contributed by atoms with Gasteiger partial charge in [-0.1, -0.05) is 26.7 Å². The van der Waals surface area contributed by atoms with Crippen molar-refractivity contribution in [2.75, 3.05) is 13.2 Å². The Balaban J connectivity index is 2.30. The van der Waals surface area contributed by atoms with Crippen LogP contribution in [-0.4, -0.2) is 29.3 Å². The van der Waals surface area contributed by atoms with Gasteiger partial charge in [0, 0.05) is 17.1 Å². The number of aromatic nitrogens is 1. The molecule has 1 heterocycles. The molecule has 6 nitrogen and oxygen atoms in total. The summed E-state index contributed by atoms with van der Waals surface area (Å²) in [6, 6.07) is 7.33. The first kappa shape index (κ1) is 21.5. The highest BCUT2D eigenvalue weighted by Crippen LogP contribution is 2.36. The molecule has 0 saturated carbocycles. The van der Waals surface area contributed by atoms with E-state index >= 15 is 0 Å². The normalized spacial score (nSPS) is 11.1. The molecule has 0 saturated heterocycles. The number of benzene rings is 1. The highest BCUT2D eigenvalue weighted by Gasteiger charge is 2.14. The topological polar surface area (TPSA) is 92.4 Å². The Kier molecular flexibility index (Phi) is 8.50. The Morgan fingerprint density at radius 1 is 1.25 bits per heavy atom. The number of ether oxygens (including phenoxy) is 2. The van der Waals surface area contributed by atoms with Gasteiger partial charge in [-0.05, 0) is 31.1 Å². The molecule has 0 fully saturated rings. The van der Waals surface area contributed by atoms with Crippen molar-refractivity contribution < 1.29 is 19.4 Å². The van der Waals surface area contributed by atoms with Gasteiger partial charge in [-0.25, -0.2) is 9.78 Å². The van der Waals surface area contributed by atoms with Gasteiger partial charge in [-0.15, -0.1) is 11.3 Å². The van der Waals surface area contributed by atoms with Crippen molar-refractivity contribution in [2.45, 2.75) is 39.5 Å². The van der Waals surface area contributed by atoms with E-state index in [0.717, 1.165) is 37.0 Å². The first-order chi connectivity index (χ1) is 13.6. The second kappa shape index (κ2) is 11.1. The van der Waals surface area contributed by atoms with Gasteiger partial charge in [0.2, 0.25) is 0 Å². The van der Waals surface area contributed by atoms with E-state index in [4.69, 9.17) is 19.8 Å². The Hall–Kier alpha value is -2.85. The summed E-state index contributed by atoms with van der Waals surface area (Å²) in [4.78, 5) is 16.0. The van der Waals surface area contributed by atoms with Gasteiger partial charge in [-0.2, -0.15) is 5.26 Å². The highest BCUT2D eigenvalue weighted by molar-refractivity contribution is 7.15. The summed E-state index contributed by atoms with van der Waals surface area (Å²) >= 11 is 1.31. The second-order valence-electron chi connectivity index (χ2n) is 6.10. The molecule has 7 heteroatoms. The second-order valence-corrected chi connectivity index (χ2v) is 7.17. The number of rotatable bonds is 11. The maximum atomic E-state index is 11.0. The maximum Gasteiger partial charge on any atom is 0.346 e. The Labute approximate surface area is 169 Å². The molecular weight excluding hydrogens is 376 g/mol. The molecule has 2 aromatic rings. The smallest absolute Gasteiger partial charge is 0.346 e. The lowest BCUT2D eigenvalue weighted by molar-refractivity contribution is -0.132. The van der Waals surface area contributed by atoms with Crippen molar-refractivity contribution in [1.29, 1.82) is 5.26 Å². The van der Waals surface area contributed by atoms with Crippen molar-refractivity contribution in [3.8, 4) is 28.1 Å². The third-order valence-corrected chi connectivity index (χ3v) is 4.84. The number of nitriles is 1. The van der Waals surface area contributed by atoms with Crippen LogP contribution in [0.3, 0.4) is 0 Å². The molecule has 2 rings (SSSR count). The van der Waals surface area contributed by atoms with E-state index in [2.05, 4.69) is 18.8 Å². The zero-order valence-electron chi connectivity index (χ0n) is 16.1. The van der Waals surface area contributed by atoms with Crippen molar-refractivity contribution in [2.24, 2.45) is 0 Å². The van der Waals surface area contributed by atoms with E-state index in [1.54, 1.807) is 12.3 Å². The predicted octanol–water partition coefficient (Wildman–Crippen LogP) is 5.16. The SMILES string of the molecule is CCCCOc1ccc(-c2ncc(/C=C(\C#N)C(=O)O)s2)c(OCCCC)c1. The number of nitrogens with zero attached hydrogens (tertiary/aromatic N) is 2. The molecule has 0 unspecified atom stereocenters. The van der Waals surface area contributed by atoms with Crippen LogP contribution in [-0.2, 0) is 4.79 Å². The third kappa shape index (κ3) is 6.10. The minimum atomic E-state index is -1.25. The minimum Gasteiger partial charge on any atom is -0.493 e. The van der Waals surface area contributed by atoms with Crippen LogP contribution in [0.4, 0.5) is 0 Å². The van der Waals surface area contributed by atoms with Crippen LogP contribution in [0.5, 0.6) is 11.5 Å². The van der Waals surface area contributed by atoms with Gasteiger partial charge in [0.05, 0.1) is 18.8 Å². The fraction of sp³-hybridized carbons (Fsp3) is 0.381. The van der Waals surface area contributed by atoms with Crippen molar-refractivity contribution >= 4 is 23.4 Å². The van der Waals surface area contributed by atoms with E-state index in [-0.39, 0.29) is 5.57 Å². The number of unbranched alkanes of at least 4 members (excludes halogenated alkanes) is 2. The molecule has 0 atom stereocenters. The Morgan fingerprint density at radius 2 is 1.96 bits per heavy atom. The number of carboxylic acid groups (broad SMARTS) is 1. The number of carbonyl (C=O) groups is 1. The molecule has 0 spiro atoms. The molecule has 0 aliphatic heterocycles. The molecule has 1 aromatic heterocycles. The van der Waals surface area contributed by atoms with Crippen molar-refractivity contribution in [3.05, 3.63) is 34.8 Å². The summed E-state index contributed by atoms with van der Waals surface area (Å²) in [7, 11) is 0. The standard InChI is InChI=1S/C21H24N2O4S/c1-3-5-9-26-16-7-8-18(19(12-16)27-10-6-4-2)20-23-14-17(28-20)11-15(13-22)21(24)25/h7-8,11-12,14H,3-6,9-10H2,1-2H3,(H,24,25)/b15-11+. The van der Waals surface area contributed by atoms with Crippen LogP contribution < -0.4 is 9.47 Å². The monoisotopic (exact) mass is 400 g/mol. The minimum absolute atomic E-state index is 0.325. The van der Waals surface area contributed by atoms with Crippen LogP contribution in [0.15, 0.2) is 30.0 Å². The zero-order valence-corrected chi connectivity index (χ0v) is 16.9. The molecule has 0 bridgehead atoms. The average Bonchev–Trinajstić information content (AvgIpc) is 3.15. The van der Waals surface area contributed by atoms with Crippen LogP contribution in [0, 0.1) is 11.3 Å². The Bertz CT molecular complexity index is 868. The lowest BCUT2D eigenvalue weighted by atomic mass is 10.2. The fourth-order valence-electron chi connectivity index (χ4n) is 2.31. The molecule has 1 aromatic carbocycles. The van der Waals surface area contributed by atoms with E-state index in [1.165, 1.54) is 17.4 Å². The molecule has 148 valence electrons. The van der Waals surface area contributed by atoms with Crippen molar-refractivity contribution in [1.82, 2.24) is 4.98 Å². The van der Waals surface area contributed by atoms with Gasteiger partial charge in [0.25, 0.3) is 0 Å². The predicted molar refractivity (Wildman–Crippen MR) is 110 cm³/mol. The third-order valence-electron chi connectivity index (χ3n) is 3.87. The van der Waals surface area contributed by atoms with E-state index in [0.29, 0.717) is 28.8 Å². The Morgan fingerprint density at radius 3 is 2.61 bits per heavy atom. The molecule has 0 aliphatic rings. The van der Waals surface area contributed by atoms with Crippen LogP contribution in [0.2, 0.25) is 0 Å². The first-order valence-electron chi connectivity index (χ1n) is 9.30. The fourth-order valence-corrected chi connectivity index (χ4v) is 3.20. The summed E-state index contributed by atoms with van der Waals surface area (Å²) in [5.74, 6) is 0.179. The van der Waals surface area contributed by atoms with Crippen LogP contribution in [0.1, 0.15) is 44.4 Å². The lowest BCUT2D eigenvalue weighted by Gasteiger charge is -2.12. The largest absolute Gasteiger partial charge is 0.493 e. The van der Waals surface area contributed by atoms with E-state index < -0.39 is 5.97 Å². The summed E-state index contributed by atoms with van der Waals surface area (Å²) in [5.41, 5.74) is 0.492. The number of carboxylic acids is 1. The first-order valence-corrected chi connectivity index (χ1v) is 10.1. The number of thiazole rings is 1. The summed E-state index contributed by atoms with van der Waals surface area (Å²) in [5, 5.41) is 18.6. The highest BCUT2D eigenvalue weighted by atomic mass is 32.1. The van der Waals surface area contributed by atoms with Crippen molar-refractivity contribution in [3.63, 3.8) is 0 Å². The van der Waals surface area contributed by atoms with E-state index in [1.807, 2.05) is 18.2 Å². The molecule has 28 heavy (non-hydrogen) atoms.